The van der Waals surface area contributed by atoms with Gasteiger partial charge in [-0.2, -0.15) is 0 Å². The molecule has 0 N–H and O–H groups in total. The summed E-state index contributed by atoms with van der Waals surface area (Å²) in [5.74, 6) is 1.64. The topological polar surface area (TPSA) is 29.5 Å². The minimum absolute atomic E-state index is 0.260. The van der Waals surface area contributed by atoms with E-state index >= 15 is 0 Å². The van der Waals surface area contributed by atoms with E-state index in [1.807, 2.05) is 12.1 Å². The van der Waals surface area contributed by atoms with Gasteiger partial charge in [0.1, 0.15) is 0 Å². The number of rotatable bonds is 3. The number of carbonyl (C=O) groups excluding carboxylic acids is 1. The Kier molecular flexibility index (Phi) is 4.59. The van der Waals surface area contributed by atoms with Gasteiger partial charge >= 0.3 is 5.97 Å². The average Bonchev–Trinajstić information content (AvgIpc) is 2.55. The first kappa shape index (κ1) is 14.6. The zero-order chi connectivity index (χ0) is 14.7. The number of esters is 1. The monoisotopic (exact) mass is 287 g/mol. The summed E-state index contributed by atoms with van der Waals surface area (Å²) in [6.07, 6.45) is 7.10. The van der Waals surface area contributed by atoms with E-state index < -0.39 is 0 Å². The van der Waals surface area contributed by atoms with Crippen LogP contribution in [0.5, 0.6) is 0 Å². The molecule has 114 valence electrons. The van der Waals surface area contributed by atoms with E-state index in [9.17, 15) is 4.79 Å². The molecule has 3 nitrogen and oxygen atoms in total. The zero-order valence-corrected chi connectivity index (χ0v) is 12.9. The highest BCUT2D eigenvalue weighted by molar-refractivity contribution is 5.89. The van der Waals surface area contributed by atoms with Crippen molar-refractivity contribution < 1.29 is 9.53 Å². The molecule has 1 aliphatic heterocycles. The summed E-state index contributed by atoms with van der Waals surface area (Å²) in [6.45, 7) is 3.48. The van der Waals surface area contributed by atoms with E-state index in [4.69, 9.17) is 4.74 Å². The summed E-state index contributed by atoms with van der Waals surface area (Å²) in [5.41, 5.74) is 1.92. The summed E-state index contributed by atoms with van der Waals surface area (Å²) >= 11 is 0. The average molecular weight is 287 g/mol. The summed E-state index contributed by atoms with van der Waals surface area (Å²) in [6, 6.07) is 7.85. The second kappa shape index (κ2) is 6.61. The number of benzene rings is 1. The molecule has 1 saturated carbocycles. The van der Waals surface area contributed by atoms with E-state index in [1.165, 1.54) is 57.9 Å². The third-order valence-corrected chi connectivity index (χ3v) is 5.16. The van der Waals surface area contributed by atoms with Gasteiger partial charge in [0.15, 0.2) is 0 Å². The molecule has 0 radical (unpaired) electrons. The molecule has 0 amide bonds. The maximum Gasteiger partial charge on any atom is 0.337 e. The third-order valence-electron chi connectivity index (χ3n) is 5.16. The van der Waals surface area contributed by atoms with E-state index in [-0.39, 0.29) is 5.97 Å². The van der Waals surface area contributed by atoms with Crippen LogP contribution in [0.25, 0.3) is 0 Å². The Hall–Kier alpha value is -1.35. The van der Waals surface area contributed by atoms with Gasteiger partial charge in [-0.15, -0.1) is 0 Å². The van der Waals surface area contributed by atoms with Crippen molar-refractivity contribution in [2.45, 2.75) is 38.6 Å². The quantitative estimate of drug-likeness (QED) is 0.797. The van der Waals surface area contributed by atoms with Gasteiger partial charge in [0.05, 0.1) is 12.7 Å². The van der Waals surface area contributed by atoms with Crippen LogP contribution in [-0.4, -0.2) is 31.1 Å². The molecular formula is C18H25NO2. The van der Waals surface area contributed by atoms with Crippen LogP contribution in [-0.2, 0) is 11.3 Å². The van der Waals surface area contributed by atoms with Crippen LogP contribution in [0.1, 0.15) is 48.0 Å². The number of hydrogen-bond donors (Lipinski definition) is 0. The summed E-state index contributed by atoms with van der Waals surface area (Å²) in [4.78, 5) is 14.0. The predicted octanol–water partition coefficient (Wildman–Crippen LogP) is 3.49. The number of nitrogens with zero attached hydrogens (tertiary/aromatic N) is 1. The maximum atomic E-state index is 11.4. The molecule has 21 heavy (non-hydrogen) atoms. The second-order valence-electron chi connectivity index (χ2n) is 6.52. The Morgan fingerprint density at radius 1 is 1.14 bits per heavy atom. The highest BCUT2D eigenvalue weighted by Gasteiger charge is 2.30. The fraction of sp³-hybridized carbons (Fsp3) is 0.611. The SMILES string of the molecule is COC(=O)c1ccc(CN2CCC3CCCCC3C2)cc1. The van der Waals surface area contributed by atoms with Crippen molar-refractivity contribution in [3.8, 4) is 0 Å². The number of methoxy groups -OCH3 is 1. The first-order valence-corrected chi connectivity index (χ1v) is 8.16. The van der Waals surface area contributed by atoms with E-state index in [2.05, 4.69) is 17.0 Å². The molecule has 2 unspecified atom stereocenters. The lowest BCUT2D eigenvalue weighted by Crippen LogP contribution is -2.41. The lowest BCUT2D eigenvalue weighted by atomic mass is 9.75. The van der Waals surface area contributed by atoms with Crippen molar-refractivity contribution in [3.05, 3.63) is 35.4 Å². The third kappa shape index (κ3) is 3.46. The Bertz CT molecular complexity index is 482. The van der Waals surface area contributed by atoms with Crippen LogP contribution >= 0.6 is 0 Å². The molecule has 1 heterocycles. The molecule has 0 bridgehead atoms. The zero-order valence-electron chi connectivity index (χ0n) is 12.9. The highest BCUT2D eigenvalue weighted by atomic mass is 16.5. The Labute approximate surface area is 127 Å². The van der Waals surface area contributed by atoms with Crippen molar-refractivity contribution in [2.75, 3.05) is 20.2 Å². The molecule has 2 fully saturated rings. The molecule has 1 aliphatic carbocycles. The van der Waals surface area contributed by atoms with Crippen LogP contribution in [0.15, 0.2) is 24.3 Å². The van der Waals surface area contributed by atoms with E-state index in [0.717, 1.165) is 18.4 Å². The number of fused-ring (bicyclic) bond motifs is 1. The van der Waals surface area contributed by atoms with Gasteiger partial charge in [-0.3, -0.25) is 4.90 Å². The summed E-state index contributed by atoms with van der Waals surface area (Å²) in [5, 5.41) is 0. The first-order chi connectivity index (χ1) is 10.3. The van der Waals surface area contributed by atoms with Gasteiger partial charge in [0, 0.05) is 13.1 Å². The molecule has 1 saturated heterocycles. The molecule has 0 spiro atoms. The van der Waals surface area contributed by atoms with Crippen molar-refractivity contribution in [1.29, 1.82) is 0 Å². The lowest BCUT2D eigenvalue weighted by molar-refractivity contribution is 0.0600. The molecule has 1 aromatic carbocycles. The fourth-order valence-electron chi connectivity index (χ4n) is 3.94. The van der Waals surface area contributed by atoms with Crippen molar-refractivity contribution in [1.82, 2.24) is 4.90 Å². The molecule has 0 aromatic heterocycles. The van der Waals surface area contributed by atoms with Crippen molar-refractivity contribution in [3.63, 3.8) is 0 Å². The number of hydrogen-bond acceptors (Lipinski definition) is 3. The van der Waals surface area contributed by atoms with Crippen LogP contribution < -0.4 is 0 Å². The summed E-state index contributed by atoms with van der Waals surface area (Å²) < 4.78 is 4.74. The van der Waals surface area contributed by atoms with Gasteiger partial charge < -0.3 is 4.74 Å². The smallest absolute Gasteiger partial charge is 0.337 e. The molecule has 2 atom stereocenters. The van der Waals surface area contributed by atoms with Crippen LogP contribution in [0.4, 0.5) is 0 Å². The van der Waals surface area contributed by atoms with Gasteiger partial charge in [0.2, 0.25) is 0 Å². The Morgan fingerprint density at radius 3 is 2.57 bits per heavy atom. The highest BCUT2D eigenvalue weighted by Crippen LogP contribution is 2.36. The number of carbonyl (C=O) groups is 1. The Morgan fingerprint density at radius 2 is 1.86 bits per heavy atom. The maximum absolute atomic E-state index is 11.4. The molecule has 2 aliphatic rings. The number of likely N-dealkylation sites (tertiary alicyclic amines) is 1. The lowest BCUT2D eigenvalue weighted by Gasteiger charge is -2.41. The van der Waals surface area contributed by atoms with Gasteiger partial charge in [-0.25, -0.2) is 4.79 Å². The fourth-order valence-corrected chi connectivity index (χ4v) is 3.94. The van der Waals surface area contributed by atoms with Crippen LogP contribution in [0.3, 0.4) is 0 Å². The number of piperidine rings is 1. The van der Waals surface area contributed by atoms with Gasteiger partial charge in [-0.1, -0.05) is 31.4 Å². The molecular weight excluding hydrogens is 262 g/mol. The van der Waals surface area contributed by atoms with Crippen molar-refractivity contribution >= 4 is 5.97 Å². The minimum Gasteiger partial charge on any atom is -0.465 e. The second-order valence-corrected chi connectivity index (χ2v) is 6.52. The van der Waals surface area contributed by atoms with E-state index in [1.54, 1.807) is 0 Å². The largest absolute Gasteiger partial charge is 0.465 e. The van der Waals surface area contributed by atoms with Crippen molar-refractivity contribution in [2.24, 2.45) is 11.8 Å². The normalized spacial score (nSPS) is 26.1. The Balaban J connectivity index is 1.58. The number of ether oxygens (including phenoxy) is 1. The van der Waals surface area contributed by atoms with Gasteiger partial charge in [-0.05, 0) is 48.9 Å². The standard InChI is InChI=1S/C18H25NO2/c1-21-18(20)16-8-6-14(7-9-16)12-19-11-10-15-4-2-3-5-17(15)13-19/h6-9,15,17H,2-5,10-13H2,1H3. The molecule has 3 heteroatoms. The molecule has 3 rings (SSSR count). The molecule has 1 aromatic rings. The van der Waals surface area contributed by atoms with E-state index in [0.29, 0.717) is 5.56 Å². The van der Waals surface area contributed by atoms with Gasteiger partial charge in [0.25, 0.3) is 0 Å². The minimum atomic E-state index is -0.260. The predicted molar refractivity (Wildman–Crippen MR) is 83.1 cm³/mol. The van der Waals surface area contributed by atoms with Crippen LogP contribution in [0, 0.1) is 11.8 Å². The summed E-state index contributed by atoms with van der Waals surface area (Å²) in [7, 11) is 1.42. The first-order valence-electron chi connectivity index (χ1n) is 8.16. The van der Waals surface area contributed by atoms with Crippen LogP contribution in [0.2, 0.25) is 0 Å².